The predicted molar refractivity (Wildman–Crippen MR) is 124 cm³/mol. The number of rotatable bonds is 7. The first kappa shape index (κ1) is 20.6. The molecule has 0 fully saturated rings. The van der Waals surface area contributed by atoms with Gasteiger partial charge in [0.15, 0.2) is 17.3 Å². The first-order valence-electron chi connectivity index (χ1n) is 9.77. The fraction of sp³-hybridized carbons (Fsp3) is 0.125. The van der Waals surface area contributed by atoms with E-state index in [1.807, 2.05) is 79.7 Å². The summed E-state index contributed by atoms with van der Waals surface area (Å²) >= 11 is 5.37. The van der Waals surface area contributed by atoms with E-state index < -0.39 is 0 Å². The van der Waals surface area contributed by atoms with Gasteiger partial charge in [-0.05, 0) is 54.5 Å². The van der Waals surface area contributed by atoms with Crippen molar-refractivity contribution in [3.8, 4) is 22.9 Å². The van der Waals surface area contributed by atoms with Crippen LogP contribution in [0.5, 0.6) is 11.5 Å². The minimum absolute atomic E-state index is 0.418. The minimum atomic E-state index is 0.418. The molecule has 0 amide bonds. The number of H-pyrrole nitrogens is 1. The van der Waals surface area contributed by atoms with Gasteiger partial charge in [0, 0.05) is 5.56 Å². The maximum Gasteiger partial charge on any atom is 0.216 e. The Balaban J connectivity index is 1.60. The lowest BCUT2D eigenvalue weighted by Crippen LogP contribution is -1.99. The smallest absolute Gasteiger partial charge is 0.216 e. The minimum Gasteiger partial charge on any atom is -0.493 e. The van der Waals surface area contributed by atoms with Crippen molar-refractivity contribution >= 4 is 18.4 Å². The highest BCUT2D eigenvalue weighted by Gasteiger charge is 2.09. The molecule has 31 heavy (non-hydrogen) atoms. The van der Waals surface area contributed by atoms with Crippen molar-refractivity contribution in [3.63, 3.8) is 0 Å². The van der Waals surface area contributed by atoms with Crippen molar-refractivity contribution in [2.45, 2.75) is 13.5 Å². The predicted octanol–water partition coefficient (Wildman–Crippen LogP) is 5.39. The molecule has 4 aromatic rings. The molecule has 1 N–H and O–H groups in total. The lowest BCUT2D eigenvalue weighted by atomic mass is 10.1. The number of nitrogens with zero attached hydrogens (tertiary/aromatic N) is 3. The third-order valence-electron chi connectivity index (χ3n) is 4.67. The summed E-state index contributed by atoms with van der Waals surface area (Å²) < 4.78 is 13.5. The molecule has 4 rings (SSSR count). The first-order chi connectivity index (χ1) is 15.1. The zero-order valence-corrected chi connectivity index (χ0v) is 18.1. The summed E-state index contributed by atoms with van der Waals surface area (Å²) in [6, 6.07) is 23.7. The van der Waals surface area contributed by atoms with Crippen LogP contribution in [-0.2, 0) is 6.61 Å². The van der Waals surface area contributed by atoms with Gasteiger partial charge in [-0.3, -0.25) is 0 Å². The monoisotopic (exact) mass is 430 g/mol. The van der Waals surface area contributed by atoms with E-state index in [0.29, 0.717) is 28.7 Å². The van der Waals surface area contributed by atoms with Crippen molar-refractivity contribution in [2.75, 3.05) is 7.11 Å². The molecule has 0 aliphatic rings. The number of aromatic nitrogens is 3. The average Bonchev–Trinajstić information content (AvgIpc) is 3.17. The van der Waals surface area contributed by atoms with Crippen LogP contribution >= 0.6 is 12.2 Å². The lowest BCUT2D eigenvalue weighted by Gasteiger charge is -2.11. The first-order valence-corrected chi connectivity index (χ1v) is 10.2. The Morgan fingerprint density at radius 2 is 1.87 bits per heavy atom. The van der Waals surface area contributed by atoms with Crippen LogP contribution in [-0.4, -0.2) is 28.2 Å². The summed E-state index contributed by atoms with van der Waals surface area (Å²) in [6.45, 7) is 2.48. The van der Waals surface area contributed by atoms with Gasteiger partial charge in [0.1, 0.15) is 6.61 Å². The van der Waals surface area contributed by atoms with Crippen LogP contribution < -0.4 is 9.47 Å². The molecule has 0 unspecified atom stereocenters. The molecular formula is C24H22N4O2S. The van der Waals surface area contributed by atoms with E-state index >= 15 is 0 Å². The number of aryl methyl sites for hydroxylation is 1. The lowest BCUT2D eigenvalue weighted by molar-refractivity contribution is 0.284. The summed E-state index contributed by atoms with van der Waals surface area (Å²) in [6.07, 6.45) is 1.72. The van der Waals surface area contributed by atoms with E-state index in [1.54, 1.807) is 18.0 Å². The SMILES string of the molecule is COc1ccc(C=Nn2c(-c3cccc(C)c3)n[nH]c2=S)cc1OCc1ccccc1. The summed E-state index contributed by atoms with van der Waals surface area (Å²) in [5, 5.41) is 11.7. The van der Waals surface area contributed by atoms with Gasteiger partial charge in [-0.15, -0.1) is 0 Å². The molecule has 0 spiro atoms. The molecule has 0 aliphatic heterocycles. The summed E-state index contributed by atoms with van der Waals surface area (Å²) in [5.41, 5.74) is 4.00. The van der Waals surface area contributed by atoms with Gasteiger partial charge in [0.2, 0.25) is 4.77 Å². The Morgan fingerprint density at radius 1 is 1.03 bits per heavy atom. The number of nitrogens with one attached hydrogen (secondary N) is 1. The second-order valence-corrected chi connectivity index (χ2v) is 7.35. The van der Waals surface area contributed by atoms with Gasteiger partial charge >= 0.3 is 0 Å². The highest BCUT2D eigenvalue weighted by molar-refractivity contribution is 7.71. The second kappa shape index (κ2) is 9.40. The van der Waals surface area contributed by atoms with Crippen LogP contribution in [0.15, 0.2) is 77.9 Å². The summed E-state index contributed by atoms with van der Waals surface area (Å²) in [5.74, 6) is 1.96. The van der Waals surface area contributed by atoms with Crippen molar-refractivity contribution in [1.29, 1.82) is 0 Å². The molecule has 0 saturated carbocycles. The fourth-order valence-corrected chi connectivity index (χ4v) is 3.30. The molecule has 0 aliphatic carbocycles. The van der Waals surface area contributed by atoms with Crippen LogP contribution in [0.1, 0.15) is 16.7 Å². The Morgan fingerprint density at radius 3 is 2.65 bits per heavy atom. The second-order valence-electron chi connectivity index (χ2n) is 6.96. The van der Waals surface area contributed by atoms with Crippen LogP contribution in [0.25, 0.3) is 11.4 Å². The van der Waals surface area contributed by atoms with Gasteiger partial charge in [0.05, 0.1) is 13.3 Å². The largest absolute Gasteiger partial charge is 0.493 e. The van der Waals surface area contributed by atoms with E-state index in [9.17, 15) is 0 Å². The summed E-state index contributed by atoms with van der Waals surface area (Å²) in [7, 11) is 1.62. The molecule has 3 aromatic carbocycles. The molecular weight excluding hydrogens is 408 g/mol. The van der Waals surface area contributed by atoms with E-state index in [-0.39, 0.29) is 0 Å². The molecule has 1 heterocycles. The van der Waals surface area contributed by atoms with Gasteiger partial charge in [-0.25, -0.2) is 5.10 Å². The Labute approximate surface area is 185 Å². The normalized spacial score (nSPS) is 11.0. The number of hydrogen-bond acceptors (Lipinski definition) is 5. The molecule has 0 saturated heterocycles. The number of methoxy groups -OCH3 is 1. The van der Waals surface area contributed by atoms with Crippen LogP contribution in [0.4, 0.5) is 0 Å². The Hall–Kier alpha value is -3.71. The zero-order chi connectivity index (χ0) is 21.6. The maximum absolute atomic E-state index is 5.99. The van der Waals surface area contributed by atoms with Gasteiger partial charge in [-0.1, -0.05) is 54.1 Å². The number of ether oxygens (including phenoxy) is 2. The number of aromatic amines is 1. The van der Waals surface area contributed by atoms with Crippen LogP contribution in [0, 0.1) is 11.7 Å². The molecule has 156 valence electrons. The van der Waals surface area contributed by atoms with Crippen molar-refractivity contribution in [2.24, 2.45) is 5.10 Å². The third-order valence-corrected chi connectivity index (χ3v) is 4.94. The van der Waals surface area contributed by atoms with Crippen LogP contribution in [0.2, 0.25) is 0 Å². The number of benzene rings is 3. The average molecular weight is 431 g/mol. The molecule has 0 radical (unpaired) electrons. The topological polar surface area (TPSA) is 64.4 Å². The van der Waals surface area contributed by atoms with Gasteiger partial charge in [-0.2, -0.15) is 14.9 Å². The Kier molecular flexibility index (Phi) is 6.24. The Bertz CT molecular complexity index is 1260. The van der Waals surface area contributed by atoms with Crippen molar-refractivity contribution in [1.82, 2.24) is 14.9 Å². The van der Waals surface area contributed by atoms with Crippen molar-refractivity contribution < 1.29 is 9.47 Å². The standard InChI is InChI=1S/C24H22N4O2S/c1-17-7-6-10-20(13-17)23-26-27-24(31)28(23)25-15-19-11-12-21(29-2)22(14-19)30-16-18-8-4-3-5-9-18/h3-15H,16H2,1-2H3,(H,27,31). The van der Waals surface area contributed by atoms with Crippen molar-refractivity contribution in [3.05, 3.63) is 94.3 Å². The van der Waals surface area contributed by atoms with Crippen LogP contribution in [0.3, 0.4) is 0 Å². The highest BCUT2D eigenvalue weighted by atomic mass is 32.1. The zero-order valence-electron chi connectivity index (χ0n) is 17.3. The third kappa shape index (κ3) is 4.90. The molecule has 0 bridgehead atoms. The molecule has 0 atom stereocenters. The van der Waals surface area contributed by atoms with Gasteiger partial charge in [0.25, 0.3) is 0 Å². The number of hydrogen-bond donors (Lipinski definition) is 1. The van der Waals surface area contributed by atoms with E-state index in [4.69, 9.17) is 21.7 Å². The summed E-state index contributed by atoms with van der Waals surface area (Å²) in [4.78, 5) is 0. The molecule has 6 nitrogen and oxygen atoms in total. The fourth-order valence-electron chi connectivity index (χ4n) is 3.12. The van der Waals surface area contributed by atoms with Gasteiger partial charge < -0.3 is 9.47 Å². The van der Waals surface area contributed by atoms with E-state index in [0.717, 1.165) is 22.3 Å². The quantitative estimate of drug-likeness (QED) is 0.316. The molecule has 7 heteroatoms. The maximum atomic E-state index is 5.99. The van der Waals surface area contributed by atoms with E-state index in [1.165, 1.54) is 0 Å². The highest BCUT2D eigenvalue weighted by Crippen LogP contribution is 2.28. The van der Waals surface area contributed by atoms with E-state index in [2.05, 4.69) is 15.3 Å². The molecule has 1 aromatic heterocycles.